The van der Waals surface area contributed by atoms with Gasteiger partial charge in [0.05, 0.1) is 20.4 Å². The van der Waals surface area contributed by atoms with Gasteiger partial charge in [-0.25, -0.2) is 8.78 Å². The van der Waals surface area contributed by atoms with Crippen LogP contribution in [0.15, 0.2) is 28.5 Å². The molecule has 22 heavy (non-hydrogen) atoms. The van der Waals surface area contributed by atoms with E-state index in [1.165, 1.54) is 32.2 Å². The fraction of sp³-hybridized carbons (Fsp3) is 0.308. The van der Waals surface area contributed by atoms with E-state index in [0.717, 1.165) is 4.68 Å². The van der Waals surface area contributed by atoms with E-state index in [0.29, 0.717) is 17.1 Å². The molecule has 0 spiro atoms. The number of para-hydroxylation sites is 1. The van der Waals surface area contributed by atoms with E-state index >= 15 is 0 Å². The molecular formula is C13H14F2N4O2S. The highest BCUT2D eigenvalue weighted by Crippen LogP contribution is 2.29. The zero-order chi connectivity index (χ0) is 16.1. The lowest BCUT2D eigenvalue weighted by atomic mass is 10.2. The number of alkyl halides is 2. The molecule has 6 nitrogen and oxygen atoms in total. The molecule has 2 rings (SSSR count). The first-order valence-corrected chi connectivity index (χ1v) is 7.37. The molecule has 0 N–H and O–H groups in total. The molecule has 0 amide bonds. The van der Waals surface area contributed by atoms with E-state index in [-0.39, 0.29) is 5.16 Å². The second-order valence-electron chi connectivity index (χ2n) is 3.98. The number of benzene rings is 1. The highest BCUT2D eigenvalue weighted by atomic mass is 32.2. The monoisotopic (exact) mass is 328 g/mol. The van der Waals surface area contributed by atoms with Crippen molar-refractivity contribution in [2.24, 2.45) is 5.10 Å². The van der Waals surface area contributed by atoms with Gasteiger partial charge < -0.3 is 9.47 Å². The number of aromatic nitrogens is 3. The average Bonchev–Trinajstić information content (AvgIpc) is 2.95. The van der Waals surface area contributed by atoms with Crippen molar-refractivity contribution in [1.82, 2.24) is 14.9 Å². The lowest BCUT2D eigenvalue weighted by Crippen LogP contribution is -2.01. The minimum Gasteiger partial charge on any atom is -0.493 e. The Morgan fingerprint density at radius 1 is 1.27 bits per heavy atom. The summed E-state index contributed by atoms with van der Waals surface area (Å²) >= 11 is 1.17. The van der Waals surface area contributed by atoms with Crippen LogP contribution < -0.4 is 9.47 Å². The molecule has 0 aliphatic rings. The number of hydrogen-bond acceptors (Lipinski definition) is 6. The number of ether oxygens (including phenoxy) is 2. The lowest BCUT2D eigenvalue weighted by molar-refractivity contribution is 0.135. The highest BCUT2D eigenvalue weighted by molar-refractivity contribution is 7.98. The molecule has 0 saturated heterocycles. The summed E-state index contributed by atoms with van der Waals surface area (Å²) in [7, 11) is 3.01. The molecule has 118 valence electrons. The molecule has 0 saturated carbocycles. The first-order valence-electron chi connectivity index (χ1n) is 6.15. The molecule has 1 heterocycles. The molecule has 2 aromatic rings. The molecule has 1 aromatic heterocycles. The SMILES string of the molecule is COc1cccc(C=Nn2c(SC)nnc2C(F)F)c1OC. The van der Waals surface area contributed by atoms with Crippen LogP contribution in [0.4, 0.5) is 8.78 Å². The fourth-order valence-corrected chi connectivity index (χ4v) is 2.22. The van der Waals surface area contributed by atoms with E-state index in [4.69, 9.17) is 9.47 Å². The molecular weight excluding hydrogens is 314 g/mol. The zero-order valence-corrected chi connectivity index (χ0v) is 13.0. The smallest absolute Gasteiger partial charge is 0.299 e. The van der Waals surface area contributed by atoms with Crippen molar-refractivity contribution in [3.05, 3.63) is 29.6 Å². The molecule has 0 fully saturated rings. The Balaban J connectivity index is 2.43. The normalized spacial score (nSPS) is 11.4. The highest BCUT2D eigenvalue weighted by Gasteiger charge is 2.19. The van der Waals surface area contributed by atoms with E-state index in [1.54, 1.807) is 24.5 Å². The van der Waals surface area contributed by atoms with Crippen LogP contribution in [-0.4, -0.2) is 41.6 Å². The van der Waals surface area contributed by atoms with Crippen LogP contribution in [0.2, 0.25) is 0 Å². The summed E-state index contributed by atoms with van der Waals surface area (Å²) < 4.78 is 37.3. The molecule has 0 aliphatic heterocycles. The fourth-order valence-electron chi connectivity index (χ4n) is 1.78. The van der Waals surface area contributed by atoms with Crippen molar-refractivity contribution in [2.75, 3.05) is 20.5 Å². The van der Waals surface area contributed by atoms with Crippen molar-refractivity contribution in [1.29, 1.82) is 0 Å². The maximum absolute atomic E-state index is 12.9. The van der Waals surface area contributed by atoms with Crippen molar-refractivity contribution >= 4 is 18.0 Å². The third-order valence-corrected chi connectivity index (χ3v) is 3.38. The van der Waals surface area contributed by atoms with E-state index in [2.05, 4.69) is 15.3 Å². The summed E-state index contributed by atoms with van der Waals surface area (Å²) in [4.78, 5) is 0. The number of nitrogens with zero attached hydrogens (tertiary/aromatic N) is 4. The second kappa shape index (κ2) is 7.21. The third-order valence-electron chi connectivity index (χ3n) is 2.76. The van der Waals surface area contributed by atoms with Gasteiger partial charge in [0.15, 0.2) is 11.5 Å². The average molecular weight is 328 g/mol. The van der Waals surface area contributed by atoms with Crippen LogP contribution in [-0.2, 0) is 0 Å². The van der Waals surface area contributed by atoms with Gasteiger partial charge in [0.1, 0.15) is 0 Å². The second-order valence-corrected chi connectivity index (χ2v) is 4.76. The van der Waals surface area contributed by atoms with Crippen molar-refractivity contribution in [2.45, 2.75) is 11.6 Å². The Kier molecular flexibility index (Phi) is 5.31. The van der Waals surface area contributed by atoms with Crippen LogP contribution in [0, 0.1) is 0 Å². The summed E-state index contributed by atoms with van der Waals surface area (Å²) in [5.74, 6) is 0.475. The first kappa shape index (κ1) is 16.2. The van der Waals surface area contributed by atoms with Gasteiger partial charge in [-0.3, -0.25) is 0 Å². The standard InChI is InChI=1S/C13H14F2N4O2S/c1-20-9-6-4-5-8(10(9)21-2)7-16-19-12(11(14)15)17-18-13(19)22-3/h4-7,11H,1-3H3. The predicted octanol–water partition coefficient (Wildman–Crippen LogP) is 2.84. The molecule has 1 aromatic carbocycles. The summed E-state index contributed by atoms with van der Waals surface area (Å²) in [6.07, 6.45) is 0.339. The first-order chi connectivity index (χ1) is 10.6. The Morgan fingerprint density at radius 2 is 2.05 bits per heavy atom. The molecule has 0 bridgehead atoms. The molecule has 9 heteroatoms. The lowest BCUT2D eigenvalue weighted by Gasteiger charge is -2.09. The van der Waals surface area contributed by atoms with Crippen LogP contribution in [0.3, 0.4) is 0 Å². The Morgan fingerprint density at radius 3 is 2.64 bits per heavy atom. The van der Waals surface area contributed by atoms with Gasteiger partial charge in [0.25, 0.3) is 6.43 Å². The topological polar surface area (TPSA) is 61.5 Å². The maximum atomic E-state index is 12.9. The Bertz CT molecular complexity index is 676. The minimum absolute atomic E-state index is 0.272. The van der Waals surface area contributed by atoms with Gasteiger partial charge in [0.2, 0.25) is 11.0 Å². The van der Waals surface area contributed by atoms with Gasteiger partial charge in [0, 0.05) is 5.56 Å². The molecule has 0 atom stereocenters. The van der Waals surface area contributed by atoms with E-state index in [9.17, 15) is 8.78 Å². The van der Waals surface area contributed by atoms with Crippen molar-refractivity contribution in [3.8, 4) is 11.5 Å². The quantitative estimate of drug-likeness (QED) is 0.603. The van der Waals surface area contributed by atoms with Gasteiger partial charge >= 0.3 is 0 Å². The number of thioether (sulfide) groups is 1. The van der Waals surface area contributed by atoms with Crippen LogP contribution in [0.5, 0.6) is 11.5 Å². The van der Waals surface area contributed by atoms with E-state index in [1.807, 2.05) is 0 Å². The van der Waals surface area contributed by atoms with Crippen molar-refractivity contribution < 1.29 is 18.3 Å². The molecule has 0 aliphatic carbocycles. The largest absolute Gasteiger partial charge is 0.493 e. The molecule has 0 unspecified atom stereocenters. The summed E-state index contributed by atoms with van der Waals surface area (Å²) in [6, 6.07) is 5.21. The number of halogens is 2. The number of hydrogen-bond donors (Lipinski definition) is 0. The summed E-state index contributed by atoms with van der Waals surface area (Å²) in [5, 5.41) is 11.4. The Hall–Kier alpha value is -2.16. The van der Waals surface area contributed by atoms with Gasteiger partial charge in [-0.2, -0.15) is 9.78 Å². The van der Waals surface area contributed by atoms with Gasteiger partial charge in [-0.15, -0.1) is 10.2 Å². The zero-order valence-electron chi connectivity index (χ0n) is 12.2. The van der Waals surface area contributed by atoms with E-state index < -0.39 is 12.2 Å². The van der Waals surface area contributed by atoms with Gasteiger partial charge in [-0.05, 0) is 18.4 Å². The summed E-state index contributed by atoms with van der Waals surface area (Å²) in [6.45, 7) is 0. The number of rotatable bonds is 6. The van der Waals surface area contributed by atoms with Crippen LogP contribution in [0.1, 0.15) is 17.8 Å². The van der Waals surface area contributed by atoms with Crippen LogP contribution in [0.25, 0.3) is 0 Å². The predicted molar refractivity (Wildman–Crippen MR) is 79.3 cm³/mol. The van der Waals surface area contributed by atoms with Crippen molar-refractivity contribution in [3.63, 3.8) is 0 Å². The Labute approximate surface area is 130 Å². The third kappa shape index (κ3) is 3.19. The van der Waals surface area contributed by atoms with Gasteiger partial charge in [-0.1, -0.05) is 17.8 Å². The maximum Gasteiger partial charge on any atom is 0.299 e. The summed E-state index contributed by atoms with van der Waals surface area (Å²) in [5.41, 5.74) is 0.586. The number of methoxy groups -OCH3 is 2. The minimum atomic E-state index is -2.77. The van der Waals surface area contributed by atoms with Crippen LogP contribution >= 0.6 is 11.8 Å². The molecule has 0 radical (unpaired) electrons.